The van der Waals surface area contributed by atoms with Crippen molar-refractivity contribution in [1.29, 1.82) is 0 Å². The van der Waals surface area contributed by atoms with Gasteiger partial charge in [0.2, 0.25) is 5.91 Å². The third-order valence-corrected chi connectivity index (χ3v) is 4.30. The molecule has 0 fully saturated rings. The van der Waals surface area contributed by atoms with E-state index >= 15 is 0 Å². The Kier molecular flexibility index (Phi) is 4.66. The summed E-state index contributed by atoms with van der Waals surface area (Å²) in [5, 5.41) is 11.7. The average molecular weight is 343 g/mol. The van der Waals surface area contributed by atoms with Crippen LogP contribution in [0.5, 0.6) is 5.75 Å². The number of amides is 1. The lowest BCUT2D eigenvalue weighted by Crippen LogP contribution is -2.14. The van der Waals surface area contributed by atoms with Gasteiger partial charge in [-0.3, -0.25) is 9.20 Å². The van der Waals surface area contributed by atoms with E-state index in [1.807, 2.05) is 24.3 Å². The number of thioether (sulfide) groups is 1. The van der Waals surface area contributed by atoms with E-state index < -0.39 is 0 Å². The first-order chi connectivity index (χ1) is 11.6. The van der Waals surface area contributed by atoms with Gasteiger partial charge in [-0.1, -0.05) is 11.8 Å². The zero-order chi connectivity index (χ0) is 17.1. The molecule has 0 aliphatic rings. The summed E-state index contributed by atoms with van der Waals surface area (Å²) in [5.74, 6) is 1.42. The Labute approximate surface area is 143 Å². The van der Waals surface area contributed by atoms with Crippen LogP contribution in [0.3, 0.4) is 0 Å². The second-order valence-corrected chi connectivity index (χ2v) is 6.16. The number of methoxy groups -OCH3 is 1. The Morgan fingerprint density at radius 1 is 1.25 bits per heavy atom. The normalized spacial score (nSPS) is 10.8. The van der Waals surface area contributed by atoms with Crippen molar-refractivity contribution < 1.29 is 9.53 Å². The Balaban J connectivity index is 1.66. The van der Waals surface area contributed by atoms with Crippen LogP contribution in [0, 0.1) is 13.8 Å². The van der Waals surface area contributed by atoms with Gasteiger partial charge in [0.15, 0.2) is 5.16 Å². The standard InChI is InChI=1S/C16H17N5O2S/c1-10-8-11(2)21-15(17-10)19-20-16(21)24-9-14(22)18-12-4-6-13(23-3)7-5-12/h4-8H,9H2,1-3H3,(H,18,22). The Morgan fingerprint density at radius 2 is 2.00 bits per heavy atom. The van der Waals surface area contributed by atoms with Gasteiger partial charge in [0.05, 0.1) is 12.9 Å². The molecule has 2 aromatic heterocycles. The summed E-state index contributed by atoms with van der Waals surface area (Å²) >= 11 is 1.32. The van der Waals surface area contributed by atoms with E-state index in [0.29, 0.717) is 10.9 Å². The zero-order valence-corrected chi connectivity index (χ0v) is 14.4. The van der Waals surface area contributed by atoms with E-state index in [-0.39, 0.29) is 11.7 Å². The minimum atomic E-state index is -0.111. The number of fused-ring (bicyclic) bond motifs is 1. The van der Waals surface area contributed by atoms with Gasteiger partial charge >= 0.3 is 0 Å². The minimum Gasteiger partial charge on any atom is -0.497 e. The number of carbonyl (C=O) groups excluding carboxylic acids is 1. The van der Waals surface area contributed by atoms with Gasteiger partial charge < -0.3 is 10.1 Å². The molecule has 0 saturated heterocycles. The van der Waals surface area contributed by atoms with Crippen LogP contribution in [0.4, 0.5) is 5.69 Å². The van der Waals surface area contributed by atoms with Crippen LogP contribution in [-0.4, -0.2) is 38.4 Å². The lowest BCUT2D eigenvalue weighted by molar-refractivity contribution is -0.113. The maximum absolute atomic E-state index is 12.1. The van der Waals surface area contributed by atoms with Gasteiger partial charge in [-0.05, 0) is 44.2 Å². The summed E-state index contributed by atoms with van der Waals surface area (Å²) in [7, 11) is 1.60. The monoisotopic (exact) mass is 343 g/mol. The Hall–Kier alpha value is -2.61. The summed E-state index contributed by atoms with van der Waals surface area (Å²) in [5.41, 5.74) is 2.60. The fourth-order valence-electron chi connectivity index (χ4n) is 2.30. The number of rotatable bonds is 5. The van der Waals surface area contributed by atoms with Crippen molar-refractivity contribution in [3.63, 3.8) is 0 Å². The molecule has 0 spiro atoms. The van der Waals surface area contributed by atoms with Gasteiger partial charge in [0.25, 0.3) is 5.78 Å². The fourth-order valence-corrected chi connectivity index (χ4v) is 3.08. The predicted molar refractivity (Wildman–Crippen MR) is 92.6 cm³/mol. The lowest BCUT2D eigenvalue weighted by Gasteiger charge is -2.06. The maximum Gasteiger partial charge on any atom is 0.256 e. The van der Waals surface area contributed by atoms with Crippen molar-refractivity contribution in [2.24, 2.45) is 0 Å². The third kappa shape index (κ3) is 3.48. The van der Waals surface area contributed by atoms with Gasteiger partial charge in [0.1, 0.15) is 5.75 Å². The molecule has 7 nitrogen and oxygen atoms in total. The smallest absolute Gasteiger partial charge is 0.256 e. The highest BCUT2D eigenvalue weighted by Crippen LogP contribution is 2.19. The number of anilines is 1. The number of nitrogens with one attached hydrogen (secondary N) is 1. The number of ether oxygens (including phenoxy) is 1. The highest BCUT2D eigenvalue weighted by atomic mass is 32.2. The molecule has 24 heavy (non-hydrogen) atoms. The number of aryl methyl sites for hydroxylation is 2. The van der Waals surface area contributed by atoms with Crippen LogP contribution in [0.25, 0.3) is 5.78 Å². The average Bonchev–Trinajstić information content (AvgIpc) is 2.97. The van der Waals surface area contributed by atoms with Crippen LogP contribution in [0.1, 0.15) is 11.4 Å². The maximum atomic E-state index is 12.1. The molecule has 0 saturated carbocycles. The van der Waals surface area contributed by atoms with Crippen molar-refractivity contribution in [2.75, 3.05) is 18.2 Å². The Bertz CT molecular complexity index is 876. The topological polar surface area (TPSA) is 81.4 Å². The molecule has 0 atom stereocenters. The molecule has 0 aliphatic heterocycles. The van der Waals surface area contributed by atoms with Crippen LogP contribution < -0.4 is 10.1 Å². The molecule has 3 rings (SSSR count). The summed E-state index contributed by atoms with van der Waals surface area (Å²) in [6.45, 7) is 3.88. The van der Waals surface area contributed by atoms with Gasteiger partial charge in [0, 0.05) is 17.1 Å². The van der Waals surface area contributed by atoms with Gasteiger partial charge in [-0.2, -0.15) is 0 Å². The quantitative estimate of drug-likeness (QED) is 0.717. The van der Waals surface area contributed by atoms with Gasteiger partial charge in [-0.25, -0.2) is 4.98 Å². The van der Waals surface area contributed by atoms with Crippen molar-refractivity contribution in [1.82, 2.24) is 19.6 Å². The number of hydrogen-bond donors (Lipinski definition) is 1. The predicted octanol–water partition coefficient (Wildman–Crippen LogP) is 2.48. The van der Waals surface area contributed by atoms with Crippen molar-refractivity contribution in [2.45, 2.75) is 19.0 Å². The Morgan fingerprint density at radius 3 is 2.71 bits per heavy atom. The molecule has 8 heteroatoms. The number of benzene rings is 1. The fraction of sp³-hybridized carbons (Fsp3) is 0.250. The second kappa shape index (κ2) is 6.88. The van der Waals surface area contributed by atoms with Crippen LogP contribution in [-0.2, 0) is 4.79 Å². The summed E-state index contributed by atoms with van der Waals surface area (Å²) in [6, 6.07) is 9.14. The lowest BCUT2D eigenvalue weighted by atomic mass is 10.3. The van der Waals surface area contributed by atoms with Crippen LogP contribution in [0.15, 0.2) is 35.5 Å². The number of nitrogens with zero attached hydrogens (tertiary/aromatic N) is 4. The summed E-state index contributed by atoms with van der Waals surface area (Å²) < 4.78 is 6.94. The molecule has 3 aromatic rings. The molecule has 0 radical (unpaired) electrons. The third-order valence-electron chi connectivity index (χ3n) is 3.37. The first-order valence-electron chi connectivity index (χ1n) is 7.33. The molecule has 1 N–H and O–H groups in total. The molecule has 0 unspecified atom stereocenters. The van der Waals surface area contributed by atoms with E-state index in [4.69, 9.17) is 4.74 Å². The highest BCUT2D eigenvalue weighted by molar-refractivity contribution is 7.99. The van der Waals surface area contributed by atoms with E-state index in [9.17, 15) is 4.79 Å². The number of hydrogen-bond acceptors (Lipinski definition) is 6. The van der Waals surface area contributed by atoms with E-state index in [2.05, 4.69) is 20.5 Å². The largest absolute Gasteiger partial charge is 0.497 e. The molecular weight excluding hydrogens is 326 g/mol. The zero-order valence-electron chi connectivity index (χ0n) is 13.6. The molecular formula is C16H17N5O2S. The molecule has 0 bridgehead atoms. The summed E-state index contributed by atoms with van der Waals surface area (Å²) in [4.78, 5) is 16.4. The van der Waals surface area contributed by atoms with Crippen LogP contribution >= 0.6 is 11.8 Å². The molecule has 124 valence electrons. The summed E-state index contributed by atoms with van der Waals surface area (Å²) in [6.07, 6.45) is 0. The van der Waals surface area contributed by atoms with Gasteiger partial charge in [-0.15, -0.1) is 10.2 Å². The molecule has 0 aliphatic carbocycles. The highest BCUT2D eigenvalue weighted by Gasteiger charge is 2.12. The second-order valence-electron chi connectivity index (χ2n) is 5.22. The number of carbonyl (C=O) groups is 1. The van der Waals surface area contributed by atoms with E-state index in [0.717, 1.165) is 22.8 Å². The first kappa shape index (κ1) is 16.3. The van der Waals surface area contributed by atoms with Crippen molar-refractivity contribution in [3.8, 4) is 5.75 Å². The van der Waals surface area contributed by atoms with Crippen molar-refractivity contribution in [3.05, 3.63) is 41.7 Å². The molecule has 1 aromatic carbocycles. The first-order valence-corrected chi connectivity index (χ1v) is 8.31. The van der Waals surface area contributed by atoms with E-state index in [1.54, 1.807) is 31.4 Å². The molecule has 2 heterocycles. The minimum absolute atomic E-state index is 0.111. The number of aromatic nitrogens is 4. The SMILES string of the molecule is COc1ccc(NC(=O)CSc2nnc3nc(C)cc(C)n23)cc1. The van der Waals surface area contributed by atoms with Crippen LogP contribution in [0.2, 0.25) is 0 Å². The van der Waals surface area contributed by atoms with Crippen molar-refractivity contribution >= 4 is 29.1 Å². The van der Waals surface area contributed by atoms with E-state index in [1.165, 1.54) is 11.8 Å². The molecule has 1 amide bonds.